The van der Waals surface area contributed by atoms with Crippen LogP contribution in [0, 0.1) is 5.41 Å². The fourth-order valence-electron chi connectivity index (χ4n) is 6.29. The molecule has 1 amide bonds. The first-order valence-corrected chi connectivity index (χ1v) is 12.2. The normalized spacial score (nSPS) is 37.1. The second kappa shape index (κ2) is 8.74. The number of hydrogen-bond donors (Lipinski definition) is 0. The van der Waals surface area contributed by atoms with Crippen LogP contribution in [0.15, 0.2) is 41.1 Å². The van der Waals surface area contributed by atoms with Crippen molar-refractivity contribution in [3.05, 3.63) is 48.0 Å². The molecule has 0 aromatic carbocycles. The fraction of sp³-hybridized carbons (Fsp3) is 0.654. The van der Waals surface area contributed by atoms with Crippen molar-refractivity contribution in [3.8, 4) is 0 Å². The summed E-state index contributed by atoms with van der Waals surface area (Å²) in [5.41, 5.74) is 0.966. The molecule has 2 fully saturated rings. The SMILES string of the molecule is O=C1N2CCCC/C=C\[C@H]2C[C@@]12CN1CCCC/C=C\CCc3cc(co3)[C@H]2CC1. The number of carbonyl (C=O) groups excluding carboxylic acids is 1. The summed E-state index contributed by atoms with van der Waals surface area (Å²) in [5, 5.41) is 0. The predicted octanol–water partition coefficient (Wildman–Crippen LogP) is 5.07. The van der Waals surface area contributed by atoms with Crippen LogP contribution in [0.25, 0.3) is 0 Å². The number of hydrogen-bond acceptors (Lipinski definition) is 3. The third kappa shape index (κ3) is 3.79. The monoisotopic (exact) mass is 408 g/mol. The van der Waals surface area contributed by atoms with E-state index in [9.17, 15) is 4.79 Å². The molecule has 30 heavy (non-hydrogen) atoms. The first kappa shape index (κ1) is 20.1. The van der Waals surface area contributed by atoms with Crippen molar-refractivity contribution in [1.82, 2.24) is 9.80 Å². The predicted molar refractivity (Wildman–Crippen MR) is 119 cm³/mol. The van der Waals surface area contributed by atoms with Crippen LogP contribution in [0.1, 0.15) is 75.0 Å². The highest BCUT2D eigenvalue weighted by Crippen LogP contribution is 2.52. The molecule has 1 aromatic heterocycles. The van der Waals surface area contributed by atoms with E-state index < -0.39 is 0 Å². The van der Waals surface area contributed by atoms with Crippen molar-refractivity contribution in [2.24, 2.45) is 5.41 Å². The summed E-state index contributed by atoms with van der Waals surface area (Å²) >= 11 is 0. The molecule has 4 heteroatoms. The van der Waals surface area contributed by atoms with Crippen LogP contribution in [0.3, 0.4) is 0 Å². The van der Waals surface area contributed by atoms with Crippen LogP contribution in [0.5, 0.6) is 0 Å². The molecular weight excluding hydrogens is 372 g/mol. The van der Waals surface area contributed by atoms with Gasteiger partial charge in [-0.15, -0.1) is 0 Å². The Hall–Kier alpha value is -1.81. The molecule has 4 nitrogen and oxygen atoms in total. The Bertz CT molecular complexity index is 810. The van der Waals surface area contributed by atoms with E-state index in [1.807, 2.05) is 6.26 Å². The number of aryl methyl sites for hydroxylation is 1. The summed E-state index contributed by atoms with van der Waals surface area (Å²) in [4.78, 5) is 18.8. The molecule has 162 valence electrons. The number of amides is 1. The number of rotatable bonds is 0. The van der Waals surface area contributed by atoms with Crippen molar-refractivity contribution >= 4 is 5.91 Å². The van der Waals surface area contributed by atoms with Crippen LogP contribution in [-0.4, -0.2) is 47.9 Å². The number of fused-ring (bicyclic) bond motifs is 8. The van der Waals surface area contributed by atoms with Gasteiger partial charge in [-0.2, -0.15) is 0 Å². The highest BCUT2D eigenvalue weighted by molar-refractivity contribution is 5.87. The molecular formula is C26H36N2O2. The highest BCUT2D eigenvalue weighted by Gasteiger charge is 2.57. The van der Waals surface area contributed by atoms with Gasteiger partial charge in [0, 0.05) is 25.4 Å². The van der Waals surface area contributed by atoms with Gasteiger partial charge in [-0.1, -0.05) is 24.3 Å². The number of nitrogens with zero attached hydrogens (tertiary/aromatic N) is 2. The quantitative estimate of drug-likeness (QED) is 0.563. The van der Waals surface area contributed by atoms with E-state index in [0.29, 0.717) is 5.91 Å². The lowest BCUT2D eigenvalue weighted by molar-refractivity contribution is -0.140. The molecule has 2 saturated heterocycles. The molecule has 0 saturated carbocycles. The van der Waals surface area contributed by atoms with Crippen molar-refractivity contribution in [3.63, 3.8) is 0 Å². The van der Waals surface area contributed by atoms with Gasteiger partial charge in [0.2, 0.25) is 5.91 Å². The third-order valence-corrected chi connectivity index (χ3v) is 7.84. The minimum absolute atomic E-state index is 0.276. The lowest BCUT2D eigenvalue weighted by atomic mass is 9.66. The van der Waals surface area contributed by atoms with E-state index in [2.05, 4.69) is 40.2 Å². The van der Waals surface area contributed by atoms with Crippen molar-refractivity contribution in [2.45, 2.75) is 76.2 Å². The van der Waals surface area contributed by atoms with Gasteiger partial charge < -0.3 is 14.2 Å². The maximum absolute atomic E-state index is 14.0. The van der Waals surface area contributed by atoms with E-state index >= 15 is 0 Å². The number of allylic oxidation sites excluding steroid dienone is 3. The summed E-state index contributed by atoms with van der Waals surface area (Å²) in [7, 11) is 0. The van der Waals surface area contributed by atoms with E-state index in [1.54, 1.807) is 0 Å². The molecule has 5 aliphatic rings. The Morgan fingerprint density at radius 1 is 0.967 bits per heavy atom. The summed E-state index contributed by atoms with van der Waals surface area (Å²) < 4.78 is 5.98. The van der Waals surface area contributed by atoms with Gasteiger partial charge in [0.05, 0.1) is 17.7 Å². The van der Waals surface area contributed by atoms with Crippen LogP contribution in [0.4, 0.5) is 0 Å². The molecule has 1 unspecified atom stereocenters. The number of carbonyl (C=O) groups is 1. The summed E-state index contributed by atoms with van der Waals surface area (Å²) in [6.07, 6.45) is 22.3. The third-order valence-electron chi connectivity index (χ3n) is 7.84. The van der Waals surface area contributed by atoms with Gasteiger partial charge in [0.1, 0.15) is 5.76 Å². The Morgan fingerprint density at radius 3 is 2.73 bits per heavy atom. The molecule has 0 radical (unpaired) electrons. The van der Waals surface area contributed by atoms with Crippen LogP contribution < -0.4 is 0 Å². The van der Waals surface area contributed by atoms with Crippen LogP contribution >= 0.6 is 0 Å². The van der Waals surface area contributed by atoms with Gasteiger partial charge >= 0.3 is 0 Å². The Balaban J connectivity index is 1.50. The first-order chi connectivity index (χ1) is 14.8. The van der Waals surface area contributed by atoms with Crippen LogP contribution in [-0.2, 0) is 11.2 Å². The average Bonchev–Trinajstić information content (AvgIpc) is 3.28. The zero-order valence-corrected chi connectivity index (χ0v) is 18.2. The molecule has 0 aliphatic carbocycles. The van der Waals surface area contributed by atoms with Crippen LogP contribution in [0.2, 0.25) is 0 Å². The summed E-state index contributed by atoms with van der Waals surface area (Å²) in [6.45, 7) is 4.04. The van der Waals surface area contributed by atoms with Gasteiger partial charge in [0.25, 0.3) is 0 Å². The van der Waals surface area contributed by atoms with Gasteiger partial charge in [-0.05, 0) is 82.5 Å². The minimum atomic E-state index is -0.294. The number of piperidine rings is 1. The van der Waals surface area contributed by atoms with Crippen molar-refractivity contribution < 1.29 is 9.21 Å². The minimum Gasteiger partial charge on any atom is -0.469 e. The lowest BCUT2D eigenvalue weighted by Crippen LogP contribution is -2.52. The summed E-state index contributed by atoms with van der Waals surface area (Å²) in [6, 6.07) is 2.53. The molecule has 6 heterocycles. The Morgan fingerprint density at radius 2 is 1.80 bits per heavy atom. The zero-order chi connectivity index (χ0) is 20.4. The lowest BCUT2D eigenvalue weighted by Gasteiger charge is -2.45. The number of furan rings is 1. The van der Waals surface area contributed by atoms with Crippen molar-refractivity contribution in [2.75, 3.05) is 26.2 Å². The maximum atomic E-state index is 14.0. The molecule has 1 aromatic rings. The average molecular weight is 409 g/mol. The molecule has 6 rings (SSSR count). The molecule has 4 atom stereocenters. The van der Waals surface area contributed by atoms with Gasteiger partial charge in [0.15, 0.2) is 0 Å². The van der Waals surface area contributed by atoms with E-state index in [0.717, 1.165) is 76.9 Å². The largest absolute Gasteiger partial charge is 0.469 e. The van der Waals surface area contributed by atoms with Gasteiger partial charge in [-0.3, -0.25) is 4.79 Å². The standard InChI is InChI=1S/C26H36N2O2/c29-25-26(18-22-11-7-4-6-10-15-28(22)25)20-27-14-9-5-2-1-3-8-12-23-17-21(19-30-23)24(26)13-16-27/h1,3,7,11,17,19,22,24H,2,4-6,8-10,12-16,18,20H2/b3-1-,11-7-/t22-,24+,26-/m0/s1. The van der Waals surface area contributed by atoms with E-state index in [1.165, 1.54) is 24.8 Å². The second-order valence-corrected chi connectivity index (χ2v) is 9.82. The second-order valence-electron chi connectivity index (χ2n) is 9.82. The Kier molecular flexibility index (Phi) is 5.86. The maximum Gasteiger partial charge on any atom is 0.231 e. The molecule has 5 aliphatic heterocycles. The first-order valence-electron chi connectivity index (χ1n) is 12.2. The van der Waals surface area contributed by atoms with E-state index in [4.69, 9.17) is 4.42 Å². The smallest absolute Gasteiger partial charge is 0.231 e. The zero-order valence-electron chi connectivity index (χ0n) is 18.2. The molecule has 4 bridgehead atoms. The molecule has 1 spiro atoms. The Labute approximate surface area is 181 Å². The topological polar surface area (TPSA) is 36.7 Å². The van der Waals surface area contributed by atoms with E-state index in [-0.39, 0.29) is 17.4 Å². The summed E-state index contributed by atoms with van der Waals surface area (Å²) in [5.74, 6) is 1.75. The highest BCUT2D eigenvalue weighted by atomic mass is 16.3. The molecule has 0 N–H and O–H groups in total. The van der Waals surface area contributed by atoms with Gasteiger partial charge in [-0.25, -0.2) is 0 Å². The fourth-order valence-corrected chi connectivity index (χ4v) is 6.29. The van der Waals surface area contributed by atoms with Crippen molar-refractivity contribution in [1.29, 1.82) is 0 Å².